The molecule has 0 aromatic rings. The summed E-state index contributed by atoms with van der Waals surface area (Å²) in [6.07, 6.45) is 7.60. The number of ether oxygens (including phenoxy) is 5. The number of amides is 1. The van der Waals surface area contributed by atoms with Crippen LogP contribution in [0, 0.1) is 5.92 Å². The molecule has 0 saturated carbocycles. The molecule has 0 bridgehead atoms. The average molecular weight is 355 g/mol. The van der Waals surface area contributed by atoms with E-state index >= 15 is 0 Å². The molecule has 0 aromatic carbocycles. The first-order valence-corrected chi connectivity index (χ1v) is 8.90. The van der Waals surface area contributed by atoms with Gasteiger partial charge in [-0.25, -0.2) is 0 Å². The molecule has 7 heteroatoms. The average Bonchev–Trinajstić information content (AvgIpc) is 3.16. The second kappa shape index (κ2) is 13.0. The topological polar surface area (TPSA) is 66.5 Å². The summed E-state index contributed by atoms with van der Waals surface area (Å²) in [5.41, 5.74) is 0. The summed E-state index contributed by atoms with van der Waals surface area (Å²) >= 11 is 0. The Morgan fingerprint density at radius 2 is 1.00 bits per heavy atom. The number of carbonyl (C=O) groups is 1. The number of hydrogen-bond acceptors (Lipinski definition) is 6. The van der Waals surface area contributed by atoms with Crippen molar-refractivity contribution in [1.29, 1.82) is 0 Å². The normalized spacial score (nSPS) is 23.3. The molecule has 1 heterocycles. The number of hydrogen-bond donors (Lipinski definition) is 0. The Morgan fingerprint density at radius 3 is 1.40 bits per heavy atom. The van der Waals surface area contributed by atoms with Crippen molar-refractivity contribution in [2.24, 2.45) is 5.92 Å². The zero-order valence-corrected chi connectivity index (χ0v) is 14.8. The molecule has 0 spiro atoms. The maximum atomic E-state index is 12.6. The Bertz CT molecular complexity index is 396. The minimum absolute atomic E-state index is 0.0799. The van der Waals surface area contributed by atoms with Gasteiger partial charge in [0, 0.05) is 13.1 Å². The maximum absolute atomic E-state index is 12.6. The lowest BCUT2D eigenvalue weighted by molar-refractivity contribution is -0.134. The first-order chi connectivity index (χ1) is 12.4. The van der Waals surface area contributed by atoms with Gasteiger partial charge in [-0.3, -0.25) is 4.79 Å². The Hall–Kier alpha value is -1.25. The Kier molecular flexibility index (Phi) is 10.5. The predicted octanol–water partition coefficient (Wildman–Crippen LogP) is 0.654. The van der Waals surface area contributed by atoms with E-state index in [-0.39, 0.29) is 11.8 Å². The first kappa shape index (κ1) is 20.1. The van der Waals surface area contributed by atoms with Crippen molar-refractivity contribution >= 4 is 5.91 Å². The third kappa shape index (κ3) is 8.60. The molecule has 142 valence electrons. The van der Waals surface area contributed by atoms with Gasteiger partial charge in [0.25, 0.3) is 0 Å². The van der Waals surface area contributed by atoms with Crippen LogP contribution in [0.15, 0.2) is 24.3 Å². The molecule has 0 unspecified atom stereocenters. The number of rotatable bonds is 1. The molecule has 0 atom stereocenters. The molecule has 7 nitrogen and oxygen atoms in total. The van der Waals surface area contributed by atoms with Gasteiger partial charge in [-0.15, -0.1) is 0 Å². The molecule has 1 amide bonds. The molecule has 1 saturated heterocycles. The quantitative estimate of drug-likeness (QED) is 0.688. The van der Waals surface area contributed by atoms with E-state index in [0.717, 1.165) is 0 Å². The predicted molar refractivity (Wildman–Crippen MR) is 92.4 cm³/mol. The lowest BCUT2D eigenvalue weighted by Crippen LogP contribution is -2.39. The molecule has 1 fully saturated rings. The standard InChI is InChI=1S/C18H29NO6/c20-18(17-3-1-2-4-17)19-5-7-21-9-11-23-13-15-25-16-14-24-12-10-22-8-6-19/h1-4,17H,5-16H2. The van der Waals surface area contributed by atoms with Crippen LogP contribution in [0.2, 0.25) is 0 Å². The summed E-state index contributed by atoms with van der Waals surface area (Å²) in [5, 5.41) is 0. The second-order valence-corrected chi connectivity index (χ2v) is 5.68. The monoisotopic (exact) mass is 355 g/mol. The van der Waals surface area contributed by atoms with Crippen molar-refractivity contribution in [2.45, 2.75) is 0 Å². The summed E-state index contributed by atoms with van der Waals surface area (Å²) < 4.78 is 27.4. The fourth-order valence-electron chi connectivity index (χ4n) is 2.47. The van der Waals surface area contributed by atoms with Crippen LogP contribution in [-0.4, -0.2) is 90.0 Å². The van der Waals surface area contributed by atoms with Gasteiger partial charge in [0.2, 0.25) is 5.91 Å². The molecule has 2 rings (SSSR count). The number of nitrogens with zero attached hydrogens (tertiary/aromatic N) is 1. The Morgan fingerprint density at radius 1 is 0.640 bits per heavy atom. The van der Waals surface area contributed by atoms with Crippen LogP contribution in [-0.2, 0) is 28.5 Å². The summed E-state index contributed by atoms with van der Waals surface area (Å²) in [4.78, 5) is 14.4. The highest BCUT2D eigenvalue weighted by Crippen LogP contribution is 2.12. The van der Waals surface area contributed by atoms with Crippen molar-refractivity contribution in [1.82, 2.24) is 4.90 Å². The SMILES string of the molecule is O=C(C1C=CC=C1)N1CCOCCOCCOCCOCCOCC1. The fraction of sp³-hybridized carbons (Fsp3) is 0.722. The van der Waals surface area contributed by atoms with E-state index in [1.807, 2.05) is 24.3 Å². The number of carbonyl (C=O) groups excluding carboxylic acids is 1. The Balaban J connectivity index is 1.76. The molecule has 25 heavy (non-hydrogen) atoms. The van der Waals surface area contributed by atoms with Crippen LogP contribution in [0.5, 0.6) is 0 Å². The van der Waals surface area contributed by atoms with Crippen molar-refractivity contribution in [3.05, 3.63) is 24.3 Å². The van der Waals surface area contributed by atoms with Crippen molar-refractivity contribution in [2.75, 3.05) is 79.2 Å². The van der Waals surface area contributed by atoms with Crippen LogP contribution in [0.1, 0.15) is 0 Å². The van der Waals surface area contributed by atoms with Crippen LogP contribution >= 0.6 is 0 Å². The van der Waals surface area contributed by atoms with Gasteiger partial charge in [0.15, 0.2) is 0 Å². The molecular weight excluding hydrogens is 326 g/mol. The second-order valence-electron chi connectivity index (χ2n) is 5.68. The van der Waals surface area contributed by atoms with E-state index in [1.54, 1.807) is 4.90 Å². The molecule has 0 N–H and O–H groups in total. The highest BCUT2D eigenvalue weighted by Gasteiger charge is 2.21. The van der Waals surface area contributed by atoms with Gasteiger partial charge >= 0.3 is 0 Å². The van der Waals surface area contributed by atoms with Crippen LogP contribution in [0.4, 0.5) is 0 Å². The minimum atomic E-state index is -0.176. The highest BCUT2D eigenvalue weighted by molar-refractivity contribution is 5.83. The number of allylic oxidation sites excluding steroid dienone is 2. The van der Waals surface area contributed by atoms with Crippen LogP contribution < -0.4 is 0 Å². The van der Waals surface area contributed by atoms with Gasteiger partial charge in [0.1, 0.15) is 0 Å². The van der Waals surface area contributed by atoms with Crippen molar-refractivity contribution < 1.29 is 28.5 Å². The lowest BCUT2D eigenvalue weighted by Gasteiger charge is -2.24. The van der Waals surface area contributed by atoms with Gasteiger partial charge in [-0.1, -0.05) is 24.3 Å². The molecule has 1 aliphatic heterocycles. The smallest absolute Gasteiger partial charge is 0.233 e. The van der Waals surface area contributed by atoms with E-state index in [9.17, 15) is 4.79 Å². The Labute approximate surface area is 149 Å². The third-order valence-electron chi connectivity index (χ3n) is 3.84. The molecular formula is C18H29NO6. The summed E-state index contributed by atoms with van der Waals surface area (Å²) in [6, 6.07) is 0. The van der Waals surface area contributed by atoms with Crippen molar-refractivity contribution in [3.63, 3.8) is 0 Å². The van der Waals surface area contributed by atoms with Gasteiger partial charge in [0.05, 0.1) is 72.0 Å². The zero-order valence-electron chi connectivity index (χ0n) is 14.8. The minimum Gasteiger partial charge on any atom is -0.377 e. The van der Waals surface area contributed by atoms with E-state index in [2.05, 4.69) is 0 Å². The van der Waals surface area contributed by atoms with Gasteiger partial charge < -0.3 is 28.6 Å². The molecule has 0 radical (unpaired) electrons. The van der Waals surface area contributed by atoms with E-state index in [4.69, 9.17) is 23.7 Å². The van der Waals surface area contributed by atoms with Gasteiger partial charge in [-0.05, 0) is 0 Å². The molecule has 2 aliphatic rings. The largest absolute Gasteiger partial charge is 0.377 e. The van der Waals surface area contributed by atoms with E-state index in [0.29, 0.717) is 79.2 Å². The molecule has 1 aliphatic carbocycles. The van der Waals surface area contributed by atoms with E-state index < -0.39 is 0 Å². The van der Waals surface area contributed by atoms with Gasteiger partial charge in [-0.2, -0.15) is 0 Å². The lowest BCUT2D eigenvalue weighted by atomic mass is 10.1. The van der Waals surface area contributed by atoms with Crippen LogP contribution in [0.3, 0.4) is 0 Å². The maximum Gasteiger partial charge on any atom is 0.233 e. The summed E-state index contributed by atoms with van der Waals surface area (Å²) in [7, 11) is 0. The first-order valence-electron chi connectivity index (χ1n) is 8.90. The summed E-state index contributed by atoms with van der Waals surface area (Å²) in [6.45, 7) is 6.26. The zero-order chi connectivity index (χ0) is 17.6. The fourth-order valence-corrected chi connectivity index (χ4v) is 2.47. The van der Waals surface area contributed by atoms with Crippen LogP contribution in [0.25, 0.3) is 0 Å². The van der Waals surface area contributed by atoms with E-state index in [1.165, 1.54) is 0 Å². The summed E-state index contributed by atoms with van der Waals surface area (Å²) in [5.74, 6) is -0.0965. The molecule has 0 aromatic heterocycles. The third-order valence-corrected chi connectivity index (χ3v) is 3.84. The van der Waals surface area contributed by atoms with Crippen molar-refractivity contribution in [3.8, 4) is 0 Å². The highest BCUT2D eigenvalue weighted by atomic mass is 16.6.